The van der Waals surface area contributed by atoms with E-state index in [0.29, 0.717) is 5.02 Å². The van der Waals surface area contributed by atoms with E-state index in [1.807, 2.05) is 54.9 Å². The predicted octanol–water partition coefficient (Wildman–Crippen LogP) is 4.16. The summed E-state index contributed by atoms with van der Waals surface area (Å²) in [7, 11) is 0. The van der Waals surface area contributed by atoms with Gasteiger partial charge in [-0.2, -0.15) is 0 Å². The highest BCUT2D eigenvalue weighted by molar-refractivity contribution is 7.20. The molecule has 120 valence electrons. The molecule has 1 aromatic carbocycles. The molecule has 0 spiro atoms. The summed E-state index contributed by atoms with van der Waals surface area (Å²) >= 11 is 7.57. The Hall–Kier alpha value is -2.44. The number of benzene rings is 1. The fraction of sp³-hybridized carbons (Fsp3) is 0.118. The molecule has 4 aromatic rings. The first-order chi connectivity index (χ1) is 11.8. The van der Waals surface area contributed by atoms with Crippen LogP contribution in [0, 0.1) is 0 Å². The number of hydrogen-bond donors (Lipinski definition) is 1. The summed E-state index contributed by atoms with van der Waals surface area (Å²) in [5, 5.41) is 9.40. The minimum Gasteiger partial charge on any atom is -0.360 e. The maximum atomic E-state index is 6.04. The van der Waals surface area contributed by atoms with E-state index in [1.54, 1.807) is 4.52 Å². The summed E-state index contributed by atoms with van der Waals surface area (Å²) in [4.78, 5) is 9.78. The second-order valence-corrected chi connectivity index (χ2v) is 6.66. The molecule has 0 saturated heterocycles. The summed E-state index contributed by atoms with van der Waals surface area (Å²) in [6.07, 6.45) is 4.59. The quantitative estimate of drug-likeness (QED) is 0.584. The van der Waals surface area contributed by atoms with Gasteiger partial charge in [0.15, 0.2) is 0 Å². The van der Waals surface area contributed by atoms with E-state index >= 15 is 0 Å². The third kappa shape index (κ3) is 3.25. The first-order valence-corrected chi connectivity index (χ1v) is 8.73. The molecule has 0 radical (unpaired) electrons. The Bertz CT molecular complexity index is 932. The minimum absolute atomic E-state index is 0.702. The third-order valence-corrected chi connectivity index (χ3v) is 4.66. The molecular formula is C17H14ClN5S. The molecule has 0 fully saturated rings. The van der Waals surface area contributed by atoms with Crippen LogP contribution in [0.15, 0.2) is 54.9 Å². The van der Waals surface area contributed by atoms with Crippen LogP contribution in [-0.4, -0.2) is 26.1 Å². The van der Waals surface area contributed by atoms with Crippen LogP contribution in [0.3, 0.4) is 0 Å². The van der Waals surface area contributed by atoms with Crippen molar-refractivity contribution in [3.05, 3.63) is 65.6 Å². The topological polar surface area (TPSA) is 55.1 Å². The third-order valence-electron chi connectivity index (χ3n) is 3.55. The number of hydrogen-bond acceptors (Lipinski definition) is 5. The summed E-state index contributed by atoms with van der Waals surface area (Å²) in [6, 6.07) is 13.6. The van der Waals surface area contributed by atoms with Crippen molar-refractivity contribution < 1.29 is 0 Å². The molecule has 3 aromatic heterocycles. The zero-order chi connectivity index (χ0) is 16.4. The number of halogens is 1. The predicted molar refractivity (Wildman–Crippen MR) is 97.7 cm³/mol. The zero-order valence-corrected chi connectivity index (χ0v) is 14.3. The highest BCUT2D eigenvalue weighted by Crippen LogP contribution is 2.25. The van der Waals surface area contributed by atoms with Gasteiger partial charge < -0.3 is 5.32 Å². The summed E-state index contributed by atoms with van der Waals surface area (Å²) < 4.78 is 1.80. The standard InChI is InChI=1S/C17H14ClN5S/c18-13-5-3-4-12(10-13)15-11-23-17(21-15)24-16(22-23)20-9-7-14-6-1-2-8-19-14/h1-6,8,10-11H,7,9H2,(H,20,22). The van der Waals surface area contributed by atoms with Gasteiger partial charge in [-0.05, 0) is 24.3 Å². The summed E-state index contributed by atoms with van der Waals surface area (Å²) in [5.74, 6) is 0. The highest BCUT2D eigenvalue weighted by atomic mass is 35.5. The second kappa shape index (κ2) is 6.59. The maximum Gasteiger partial charge on any atom is 0.214 e. The smallest absolute Gasteiger partial charge is 0.214 e. The lowest BCUT2D eigenvalue weighted by Gasteiger charge is -2.01. The van der Waals surface area contributed by atoms with Gasteiger partial charge in [0, 0.05) is 35.4 Å². The molecule has 0 amide bonds. The van der Waals surface area contributed by atoms with Crippen LogP contribution >= 0.6 is 22.9 Å². The van der Waals surface area contributed by atoms with Crippen molar-refractivity contribution in [1.29, 1.82) is 0 Å². The molecule has 0 unspecified atom stereocenters. The molecule has 0 saturated carbocycles. The zero-order valence-electron chi connectivity index (χ0n) is 12.7. The van der Waals surface area contributed by atoms with Crippen LogP contribution in [0.5, 0.6) is 0 Å². The molecule has 7 heteroatoms. The number of nitrogens with one attached hydrogen (secondary N) is 1. The van der Waals surface area contributed by atoms with Crippen molar-refractivity contribution in [2.24, 2.45) is 0 Å². The average Bonchev–Trinajstić information content (AvgIpc) is 3.14. The lowest BCUT2D eigenvalue weighted by Crippen LogP contribution is -2.05. The second-order valence-electron chi connectivity index (χ2n) is 5.27. The van der Waals surface area contributed by atoms with E-state index in [4.69, 9.17) is 11.6 Å². The Kier molecular flexibility index (Phi) is 4.15. The fourth-order valence-corrected chi connectivity index (χ4v) is 3.40. The van der Waals surface area contributed by atoms with E-state index in [2.05, 4.69) is 20.4 Å². The van der Waals surface area contributed by atoms with Gasteiger partial charge in [-0.3, -0.25) is 4.98 Å². The highest BCUT2D eigenvalue weighted by Gasteiger charge is 2.09. The molecule has 0 bridgehead atoms. The number of aromatic nitrogens is 4. The molecule has 1 N–H and O–H groups in total. The van der Waals surface area contributed by atoms with E-state index in [0.717, 1.165) is 40.0 Å². The minimum atomic E-state index is 0.702. The fourth-order valence-electron chi connectivity index (χ4n) is 2.40. The molecule has 24 heavy (non-hydrogen) atoms. The van der Waals surface area contributed by atoms with Gasteiger partial charge in [0.25, 0.3) is 0 Å². The Labute approximate surface area is 148 Å². The molecule has 0 aliphatic rings. The van der Waals surface area contributed by atoms with E-state index in [1.165, 1.54) is 11.3 Å². The molecule has 0 aliphatic carbocycles. The van der Waals surface area contributed by atoms with Gasteiger partial charge >= 0.3 is 0 Å². The van der Waals surface area contributed by atoms with Crippen molar-refractivity contribution in [1.82, 2.24) is 19.6 Å². The number of imidazole rings is 1. The van der Waals surface area contributed by atoms with Crippen LogP contribution in [0.2, 0.25) is 5.02 Å². The first kappa shape index (κ1) is 15.1. The van der Waals surface area contributed by atoms with Gasteiger partial charge in [0.05, 0.1) is 11.9 Å². The molecule has 3 heterocycles. The van der Waals surface area contributed by atoms with Gasteiger partial charge in [-0.1, -0.05) is 41.1 Å². The molecule has 5 nitrogen and oxygen atoms in total. The normalized spacial score (nSPS) is 11.0. The van der Waals surface area contributed by atoms with Crippen LogP contribution in [0.25, 0.3) is 16.2 Å². The van der Waals surface area contributed by atoms with E-state index < -0.39 is 0 Å². The van der Waals surface area contributed by atoms with Crippen LogP contribution in [0.1, 0.15) is 5.69 Å². The summed E-state index contributed by atoms with van der Waals surface area (Å²) in [6.45, 7) is 0.787. The molecule has 0 atom stereocenters. The molecular weight excluding hydrogens is 342 g/mol. The van der Waals surface area contributed by atoms with E-state index in [9.17, 15) is 0 Å². The number of rotatable bonds is 5. The van der Waals surface area contributed by atoms with Crippen molar-refractivity contribution in [2.45, 2.75) is 6.42 Å². The summed E-state index contributed by atoms with van der Waals surface area (Å²) in [5.41, 5.74) is 2.93. The van der Waals surface area contributed by atoms with Gasteiger partial charge in [-0.15, -0.1) is 5.10 Å². The van der Waals surface area contributed by atoms with Gasteiger partial charge in [0.1, 0.15) is 0 Å². The Morgan fingerprint density at radius 3 is 2.92 bits per heavy atom. The first-order valence-electron chi connectivity index (χ1n) is 7.54. The lowest BCUT2D eigenvalue weighted by atomic mass is 10.2. The maximum absolute atomic E-state index is 6.04. The molecule has 0 aliphatic heterocycles. The van der Waals surface area contributed by atoms with Crippen molar-refractivity contribution in [3.63, 3.8) is 0 Å². The van der Waals surface area contributed by atoms with Crippen LogP contribution in [0.4, 0.5) is 5.13 Å². The number of nitrogens with zero attached hydrogens (tertiary/aromatic N) is 4. The Morgan fingerprint density at radius 1 is 1.17 bits per heavy atom. The average molecular weight is 356 g/mol. The number of anilines is 1. The monoisotopic (exact) mass is 355 g/mol. The Balaban J connectivity index is 1.46. The van der Waals surface area contributed by atoms with Crippen molar-refractivity contribution in [3.8, 4) is 11.3 Å². The van der Waals surface area contributed by atoms with Gasteiger partial charge in [0.2, 0.25) is 10.1 Å². The number of fused-ring (bicyclic) bond motifs is 1. The SMILES string of the molecule is Clc1cccc(-c2cn3nc(NCCc4ccccn4)sc3n2)c1. The number of pyridine rings is 1. The van der Waals surface area contributed by atoms with Crippen LogP contribution in [-0.2, 0) is 6.42 Å². The van der Waals surface area contributed by atoms with Crippen molar-refractivity contribution in [2.75, 3.05) is 11.9 Å². The lowest BCUT2D eigenvalue weighted by molar-refractivity contribution is 0.929. The van der Waals surface area contributed by atoms with Crippen LogP contribution < -0.4 is 5.32 Å². The largest absolute Gasteiger partial charge is 0.360 e. The van der Waals surface area contributed by atoms with Crippen molar-refractivity contribution >= 4 is 33.0 Å². The van der Waals surface area contributed by atoms with E-state index in [-0.39, 0.29) is 0 Å². The molecule has 4 rings (SSSR count). The Morgan fingerprint density at radius 2 is 2.12 bits per heavy atom. The van der Waals surface area contributed by atoms with Gasteiger partial charge in [-0.25, -0.2) is 9.50 Å².